The van der Waals surface area contributed by atoms with Crippen LogP contribution in [0, 0.1) is 5.92 Å². The highest BCUT2D eigenvalue weighted by Gasteiger charge is 2.30. The molecule has 1 aromatic carbocycles. The molecule has 0 spiro atoms. The van der Waals surface area contributed by atoms with E-state index in [9.17, 15) is 18.0 Å². The summed E-state index contributed by atoms with van der Waals surface area (Å²) in [5.74, 6) is 0.579. The van der Waals surface area contributed by atoms with Crippen LogP contribution in [0.15, 0.2) is 24.3 Å². The minimum Gasteiger partial charge on any atom is -0.348 e. The fourth-order valence-electron chi connectivity index (χ4n) is 3.57. The van der Waals surface area contributed by atoms with E-state index in [0.717, 1.165) is 50.7 Å². The van der Waals surface area contributed by atoms with E-state index in [2.05, 4.69) is 9.80 Å². The Kier molecular flexibility index (Phi) is 7.68. The molecular formula is C20H30F3N3O. The molecule has 2 rings (SSSR count). The number of benzene rings is 1. The zero-order valence-corrected chi connectivity index (χ0v) is 16.4. The van der Waals surface area contributed by atoms with Crippen molar-refractivity contribution in [2.24, 2.45) is 5.92 Å². The number of carbonyl (C=O) groups is 1. The zero-order valence-electron chi connectivity index (χ0n) is 16.4. The molecule has 1 fully saturated rings. The van der Waals surface area contributed by atoms with Gasteiger partial charge in [0.25, 0.3) is 0 Å². The van der Waals surface area contributed by atoms with Crippen molar-refractivity contribution in [3.8, 4) is 0 Å². The van der Waals surface area contributed by atoms with Gasteiger partial charge in [0.05, 0.1) is 12.1 Å². The number of amides is 1. The van der Waals surface area contributed by atoms with Crippen LogP contribution in [-0.2, 0) is 17.4 Å². The van der Waals surface area contributed by atoms with E-state index in [0.29, 0.717) is 18.9 Å². The first-order valence-electron chi connectivity index (χ1n) is 9.42. The molecule has 152 valence electrons. The first-order valence-corrected chi connectivity index (χ1v) is 9.42. The van der Waals surface area contributed by atoms with E-state index in [1.54, 1.807) is 25.1 Å². The fraction of sp³-hybridized carbons (Fsp3) is 0.650. The van der Waals surface area contributed by atoms with Gasteiger partial charge in [-0.25, -0.2) is 0 Å². The van der Waals surface area contributed by atoms with Gasteiger partial charge in [-0.05, 0) is 50.4 Å². The van der Waals surface area contributed by atoms with Crippen molar-refractivity contribution in [1.82, 2.24) is 14.7 Å². The number of likely N-dealkylation sites (tertiary alicyclic amines) is 1. The van der Waals surface area contributed by atoms with Crippen molar-refractivity contribution < 1.29 is 18.0 Å². The highest BCUT2D eigenvalue weighted by molar-refractivity contribution is 5.77. The standard InChI is InChI=1S/C20H30F3N3O/c1-24(2)19(27)15-25(3)13-17-7-5-10-26(14-17)11-9-16-6-4-8-18(12-16)20(21,22)23/h4,6,8,12,17H,5,7,9-11,13-15H2,1-3H3. The highest BCUT2D eigenvalue weighted by atomic mass is 19.4. The summed E-state index contributed by atoms with van der Waals surface area (Å²) in [7, 11) is 5.47. The smallest absolute Gasteiger partial charge is 0.348 e. The maximum atomic E-state index is 12.8. The van der Waals surface area contributed by atoms with Crippen molar-refractivity contribution in [3.05, 3.63) is 35.4 Å². The van der Waals surface area contributed by atoms with Gasteiger partial charge < -0.3 is 9.80 Å². The van der Waals surface area contributed by atoms with Gasteiger partial charge in [0.2, 0.25) is 5.91 Å². The second kappa shape index (κ2) is 9.55. The van der Waals surface area contributed by atoms with Crippen LogP contribution in [-0.4, -0.2) is 74.5 Å². The molecular weight excluding hydrogens is 355 g/mol. The number of rotatable bonds is 7. The number of hydrogen-bond donors (Lipinski definition) is 0. The molecule has 0 saturated carbocycles. The van der Waals surface area contributed by atoms with Gasteiger partial charge in [-0.2, -0.15) is 13.2 Å². The van der Waals surface area contributed by atoms with E-state index < -0.39 is 11.7 Å². The summed E-state index contributed by atoms with van der Waals surface area (Å²) < 4.78 is 38.5. The summed E-state index contributed by atoms with van der Waals surface area (Å²) in [5, 5.41) is 0. The Balaban J connectivity index is 1.82. The number of nitrogens with zero attached hydrogens (tertiary/aromatic N) is 3. The first-order chi connectivity index (χ1) is 12.6. The molecule has 27 heavy (non-hydrogen) atoms. The second-order valence-electron chi connectivity index (χ2n) is 7.74. The molecule has 0 radical (unpaired) electrons. The van der Waals surface area contributed by atoms with Crippen LogP contribution in [0.25, 0.3) is 0 Å². The Hall–Kier alpha value is -1.60. The lowest BCUT2D eigenvalue weighted by Gasteiger charge is -2.34. The van der Waals surface area contributed by atoms with Crippen LogP contribution in [0.4, 0.5) is 13.2 Å². The van der Waals surface area contributed by atoms with Crippen molar-refractivity contribution in [3.63, 3.8) is 0 Å². The van der Waals surface area contributed by atoms with E-state index in [1.165, 1.54) is 12.1 Å². The lowest BCUT2D eigenvalue weighted by Crippen LogP contribution is -2.43. The summed E-state index contributed by atoms with van der Waals surface area (Å²) in [6.45, 7) is 3.95. The molecule has 0 N–H and O–H groups in total. The monoisotopic (exact) mass is 385 g/mol. The average molecular weight is 385 g/mol. The quantitative estimate of drug-likeness (QED) is 0.722. The molecule has 4 nitrogen and oxygen atoms in total. The predicted octanol–water partition coefficient (Wildman–Crippen LogP) is 2.98. The Morgan fingerprint density at radius 3 is 2.67 bits per heavy atom. The van der Waals surface area contributed by atoms with E-state index in [1.807, 2.05) is 7.05 Å². The van der Waals surface area contributed by atoms with Gasteiger partial charge >= 0.3 is 6.18 Å². The number of halogens is 3. The topological polar surface area (TPSA) is 26.8 Å². The number of hydrogen-bond acceptors (Lipinski definition) is 3. The van der Waals surface area contributed by atoms with Gasteiger partial charge in [0.1, 0.15) is 0 Å². The van der Waals surface area contributed by atoms with Crippen molar-refractivity contribution in [2.45, 2.75) is 25.4 Å². The molecule has 1 amide bonds. The van der Waals surface area contributed by atoms with Crippen LogP contribution in [0.5, 0.6) is 0 Å². The second-order valence-corrected chi connectivity index (χ2v) is 7.74. The zero-order chi connectivity index (χ0) is 20.0. The Bertz CT molecular complexity index is 619. The summed E-state index contributed by atoms with van der Waals surface area (Å²) in [5.41, 5.74) is 0.143. The average Bonchev–Trinajstić information content (AvgIpc) is 2.59. The normalized spacial score (nSPS) is 18.7. The molecule has 1 heterocycles. The Labute approximate surface area is 159 Å². The Morgan fingerprint density at radius 2 is 2.00 bits per heavy atom. The largest absolute Gasteiger partial charge is 0.416 e. The van der Waals surface area contributed by atoms with Gasteiger partial charge in [-0.3, -0.25) is 9.69 Å². The molecule has 7 heteroatoms. The van der Waals surface area contributed by atoms with Gasteiger partial charge in [-0.15, -0.1) is 0 Å². The van der Waals surface area contributed by atoms with Gasteiger partial charge in [0, 0.05) is 33.7 Å². The summed E-state index contributed by atoms with van der Waals surface area (Å²) >= 11 is 0. The van der Waals surface area contributed by atoms with Crippen LogP contribution in [0.3, 0.4) is 0 Å². The maximum Gasteiger partial charge on any atom is 0.416 e. The lowest BCUT2D eigenvalue weighted by atomic mass is 9.97. The molecule has 0 bridgehead atoms. The van der Waals surface area contributed by atoms with Crippen LogP contribution in [0.1, 0.15) is 24.0 Å². The van der Waals surface area contributed by atoms with Crippen molar-refractivity contribution >= 4 is 5.91 Å². The van der Waals surface area contributed by atoms with Gasteiger partial charge in [0.15, 0.2) is 0 Å². The maximum absolute atomic E-state index is 12.8. The number of likely N-dealkylation sites (N-methyl/N-ethyl adjacent to an activating group) is 2. The van der Waals surface area contributed by atoms with E-state index in [4.69, 9.17) is 0 Å². The van der Waals surface area contributed by atoms with E-state index in [-0.39, 0.29) is 5.91 Å². The summed E-state index contributed by atoms with van der Waals surface area (Å²) in [6, 6.07) is 5.61. The molecule has 1 aromatic rings. The van der Waals surface area contributed by atoms with E-state index >= 15 is 0 Å². The predicted molar refractivity (Wildman–Crippen MR) is 101 cm³/mol. The highest BCUT2D eigenvalue weighted by Crippen LogP contribution is 2.29. The Morgan fingerprint density at radius 1 is 1.26 bits per heavy atom. The van der Waals surface area contributed by atoms with Crippen LogP contribution in [0.2, 0.25) is 0 Å². The van der Waals surface area contributed by atoms with Crippen LogP contribution < -0.4 is 0 Å². The van der Waals surface area contributed by atoms with Crippen LogP contribution >= 0.6 is 0 Å². The third-order valence-corrected chi connectivity index (χ3v) is 5.05. The summed E-state index contributed by atoms with van der Waals surface area (Å²) in [4.78, 5) is 17.8. The van der Waals surface area contributed by atoms with Crippen molar-refractivity contribution in [1.29, 1.82) is 0 Å². The number of carbonyl (C=O) groups excluding carboxylic acids is 1. The number of alkyl halides is 3. The minimum atomic E-state index is -4.29. The third-order valence-electron chi connectivity index (χ3n) is 5.05. The lowest BCUT2D eigenvalue weighted by molar-refractivity contribution is -0.137. The van der Waals surface area contributed by atoms with Crippen molar-refractivity contribution in [2.75, 3.05) is 53.9 Å². The molecule has 1 unspecified atom stereocenters. The molecule has 1 saturated heterocycles. The number of piperidine rings is 1. The minimum absolute atomic E-state index is 0.0923. The third kappa shape index (κ3) is 7.14. The molecule has 1 aliphatic heterocycles. The van der Waals surface area contributed by atoms with Gasteiger partial charge in [-0.1, -0.05) is 18.2 Å². The SMILES string of the molecule is CN(CC(=O)N(C)C)CC1CCCN(CCc2cccc(C(F)(F)F)c2)C1. The first kappa shape index (κ1) is 21.7. The molecule has 1 atom stereocenters. The molecule has 0 aliphatic carbocycles. The summed E-state index contributed by atoms with van der Waals surface area (Å²) in [6.07, 6.45) is -1.46. The molecule has 0 aromatic heterocycles. The fourth-order valence-corrected chi connectivity index (χ4v) is 3.57. The molecule has 1 aliphatic rings.